The van der Waals surface area contributed by atoms with Crippen LogP contribution >= 0.6 is 0 Å². The van der Waals surface area contributed by atoms with Gasteiger partial charge in [-0.1, -0.05) is 0 Å². The van der Waals surface area contributed by atoms with Crippen LogP contribution < -0.4 is 4.74 Å². The Kier molecular flexibility index (Phi) is 3.31. The van der Waals surface area contributed by atoms with Crippen LogP contribution in [0.1, 0.15) is 5.56 Å². The van der Waals surface area contributed by atoms with Crippen molar-refractivity contribution in [3.8, 4) is 11.4 Å². The number of hydrogen-bond acceptors (Lipinski definition) is 1. The maximum absolute atomic E-state index is 14.1. The predicted octanol–water partition coefficient (Wildman–Crippen LogP) is 4.50. The molecule has 0 aliphatic carbocycles. The van der Waals surface area contributed by atoms with Gasteiger partial charge in [0.2, 0.25) is 0 Å². The molecule has 3 aromatic rings. The number of halogens is 4. The molecule has 0 fully saturated rings. The lowest BCUT2D eigenvalue weighted by Crippen LogP contribution is -2.08. The van der Waals surface area contributed by atoms with E-state index in [1.54, 1.807) is 24.3 Å². The highest BCUT2D eigenvalue weighted by Gasteiger charge is 2.24. The molecule has 1 aromatic heterocycles. The van der Waals surface area contributed by atoms with Crippen molar-refractivity contribution in [3.05, 3.63) is 59.3 Å². The molecule has 6 heteroatoms. The SMILES string of the molecule is COc1ccc2c(ccn2-c2c(F)c(F)c(C)c(F)c2F)c1. The quantitative estimate of drug-likeness (QED) is 0.502. The van der Waals surface area contributed by atoms with Crippen LogP contribution in [0.15, 0.2) is 30.5 Å². The molecule has 114 valence electrons. The summed E-state index contributed by atoms with van der Waals surface area (Å²) < 4.78 is 61.8. The van der Waals surface area contributed by atoms with Gasteiger partial charge in [-0.2, -0.15) is 0 Å². The van der Waals surface area contributed by atoms with E-state index >= 15 is 0 Å². The lowest BCUT2D eigenvalue weighted by molar-refractivity contribution is 0.415. The predicted molar refractivity (Wildman–Crippen MR) is 74.4 cm³/mol. The van der Waals surface area contributed by atoms with Crippen molar-refractivity contribution in [1.29, 1.82) is 0 Å². The number of benzene rings is 2. The van der Waals surface area contributed by atoms with Gasteiger partial charge in [-0.05, 0) is 31.2 Å². The molecule has 0 bridgehead atoms. The fourth-order valence-corrected chi connectivity index (χ4v) is 2.38. The van der Waals surface area contributed by atoms with Gasteiger partial charge < -0.3 is 9.30 Å². The van der Waals surface area contributed by atoms with E-state index in [1.807, 2.05) is 0 Å². The van der Waals surface area contributed by atoms with Gasteiger partial charge in [-0.3, -0.25) is 0 Å². The summed E-state index contributed by atoms with van der Waals surface area (Å²) in [5.41, 5.74) is -1.06. The van der Waals surface area contributed by atoms with Gasteiger partial charge in [0.15, 0.2) is 23.3 Å². The van der Waals surface area contributed by atoms with Gasteiger partial charge in [-0.25, -0.2) is 17.6 Å². The van der Waals surface area contributed by atoms with Gasteiger partial charge in [0.25, 0.3) is 0 Å². The Morgan fingerprint density at radius 1 is 0.909 bits per heavy atom. The first-order valence-corrected chi connectivity index (χ1v) is 6.43. The average molecular weight is 309 g/mol. The summed E-state index contributed by atoms with van der Waals surface area (Å²) in [7, 11) is 1.49. The Labute approximate surface area is 123 Å². The third-order valence-electron chi connectivity index (χ3n) is 3.60. The van der Waals surface area contributed by atoms with Gasteiger partial charge in [-0.15, -0.1) is 0 Å². The summed E-state index contributed by atoms with van der Waals surface area (Å²) in [6, 6.07) is 6.38. The van der Waals surface area contributed by atoms with Crippen molar-refractivity contribution in [2.24, 2.45) is 0 Å². The number of methoxy groups -OCH3 is 1. The second kappa shape index (κ2) is 5.05. The average Bonchev–Trinajstić information content (AvgIpc) is 2.94. The monoisotopic (exact) mass is 309 g/mol. The number of fused-ring (bicyclic) bond motifs is 1. The van der Waals surface area contributed by atoms with Crippen LogP contribution in [0.4, 0.5) is 17.6 Å². The zero-order chi connectivity index (χ0) is 16.0. The minimum absolute atomic E-state index is 0.404. The van der Waals surface area contributed by atoms with Crippen molar-refractivity contribution in [3.63, 3.8) is 0 Å². The highest BCUT2D eigenvalue weighted by molar-refractivity contribution is 5.83. The Morgan fingerprint density at radius 3 is 2.14 bits per heavy atom. The van der Waals surface area contributed by atoms with Gasteiger partial charge in [0, 0.05) is 17.1 Å². The first-order chi connectivity index (χ1) is 10.5. The number of rotatable bonds is 2. The summed E-state index contributed by atoms with van der Waals surface area (Å²) in [6.45, 7) is 0.985. The van der Waals surface area contributed by atoms with Crippen molar-refractivity contribution in [2.75, 3.05) is 7.11 Å². The van der Waals surface area contributed by atoms with Crippen molar-refractivity contribution in [2.45, 2.75) is 6.92 Å². The first kappa shape index (κ1) is 14.4. The molecule has 0 aliphatic rings. The maximum atomic E-state index is 14.1. The van der Waals surface area contributed by atoms with E-state index in [0.717, 1.165) is 11.5 Å². The zero-order valence-corrected chi connectivity index (χ0v) is 11.8. The van der Waals surface area contributed by atoms with Gasteiger partial charge in [0.05, 0.1) is 12.6 Å². The van der Waals surface area contributed by atoms with Crippen LogP contribution in [-0.2, 0) is 0 Å². The van der Waals surface area contributed by atoms with Crippen LogP contribution in [0.2, 0.25) is 0 Å². The van der Waals surface area contributed by atoms with Crippen molar-refractivity contribution in [1.82, 2.24) is 4.57 Å². The number of aromatic nitrogens is 1. The van der Waals surface area contributed by atoms with Crippen LogP contribution in [0.5, 0.6) is 5.75 Å². The molecule has 2 nitrogen and oxygen atoms in total. The van der Waals surface area contributed by atoms with Crippen LogP contribution in [0, 0.1) is 30.2 Å². The third-order valence-corrected chi connectivity index (χ3v) is 3.60. The van der Waals surface area contributed by atoms with Crippen LogP contribution in [0.3, 0.4) is 0 Å². The first-order valence-electron chi connectivity index (χ1n) is 6.43. The lowest BCUT2D eigenvalue weighted by Gasteiger charge is -2.12. The largest absolute Gasteiger partial charge is 0.497 e. The summed E-state index contributed by atoms with van der Waals surface area (Å²) in [4.78, 5) is 0. The van der Waals surface area contributed by atoms with Crippen LogP contribution in [0.25, 0.3) is 16.6 Å². The molecule has 0 aliphatic heterocycles. The van der Waals surface area contributed by atoms with E-state index in [-0.39, 0.29) is 0 Å². The summed E-state index contributed by atoms with van der Waals surface area (Å²) in [5.74, 6) is -5.09. The molecular weight excluding hydrogens is 298 g/mol. The molecule has 22 heavy (non-hydrogen) atoms. The van der Waals surface area contributed by atoms with E-state index < -0.39 is 34.5 Å². The zero-order valence-electron chi connectivity index (χ0n) is 11.8. The molecule has 0 N–H and O–H groups in total. The van der Waals surface area contributed by atoms with E-state index in [1.165, 1.54) is 13.3 Å². The highest BCUT2D eigenvalue weighted by Crippen LogP contribution is 2.30. The van der Waals surface area contributed by atoms with E-state index in [4.69, 9.17) is 4.74 Å². The molecule has 0 unspecified atom stereocenters. The van der Waals surface area contributed by atoms with E-state index in [9.17, 15) is 17.6 Å². The molecule has 0 radical (unpaired) electrons. The number of ether oxygens (including phenoxy) is 1. The maximum Gasteiger partial charge on any atom is 0.186 e. The number of hydrogen-bond donors (Lipinski definition) is 0. The lowest BCUT2D eigenvalue weighted by atomic mass is 10.1. The summed E-state index contributed by atoms with van der Waals surface area (Å²) in [6.07, 6.45) is 1.35. The van der Waals surface area contributed by atoms with Crippen LogP contribution in [-0.4, -0.2) is 11.7 Å². The van der Waals surface area contributed by atoms with Crippen molar-refractivity contribution >= 4 is 10.9 Å². The minimum Gasteiger partial charge on any atom is -0.497 e. The molecule has 0 atom stereocenters. The fourth-order valence-electron chi connectivity index (χ4n) is 2.38. The molecule has 3 rings (SSSR count). The topological polar surface area (TPSA) is 14.2 Å². The Balaban J connectivity index is 2.33. The standard InChI is InChI=1S/C16H11F4NO/c1-8-12(17)14(19)16(15(20)13(8)18)21-6-5-9-7-10(22-2)3-4-11(9)21/h3-7H,1-2H3. The van der Waals surface area contributed by atoms with E-state index in [0.29, 0.717) is 16.7 Å². The molecule has 0 saturated heterocycles. The second-order valence-corrected chi connectivity index (χ2v) is 4.84. The van der Waals surface area contributed by atoms with E-state index in [2.05, 4.69) is 0 Å². The molecule has 0 amide bonds. The molecule has 2 aromatic carbocycles. The third kappa shape index (κ3) is 1.94. The second-order valence-electron chi connectivity index (χ2n) is 4.84. The fraction of sp³-hybridized carbons (Fsp3) is 0.125. The number of nitrogens with zero attached hydrogens (tertiary/aromatic N) is 1. The minimum atomic E-state index is -1.43. The van der Waals surface area contributed by atoms with Gasteiger partial charge >= 0.3 is 0 Å². The summed E-state index contributed by atoms with van der Waals surface area (Å²) >= 11 is 0. The Bertz CT molecular complexity index is 856. The molecular formula is C16H11F4NO. The molecule has 0 spiro atoms. The van der Waals surface area contributed by atoms with Crippen molar-refractivity contribution < 1.29 is 22.3 Å². The Hall–Kier alpha value is -2.50. The smallest absolute Gasteiger partial charge is 0.186 e. The molecule has 0 saturated carbocycles. The molecule has 1 heterocycles. The van der Waals surface area contributed by atoms with Gasteiger partial charge in [0.1, 0.15) is 11.4 Å². The summed E-state index contributed by atoms with van der Waals surface area (Å²) in [5, 5.41) is 0.625. The highest BCUT2D eigenvalue weighted by atomic mass is 19.2. The Morgan fingerprint density at radius 2 is 1.55 bits per heavy atom. The normalized spacial score (nSPS) is 11.2.